The summed E-state index contributed by atoms with van der Waals surface area (Å²) in [5.41, 5.74) is 2.12. The highest BCUT2D eigenvalue weighted by atomic mass is 16.3. The molecule has 1 fully saturated rings. The molecule has 1 aromatic rings. The van der Waals surface area contributed by atoms with E-state index in [1.165, 1.54) is 11.3 Å². The molecule has 1 heterocycles. The monoisotopic (exact) mass is 262 g/mol. The van der Waals surface area contributed by atoms with Gasteiger partial charge in [-0.3, -0.25) is 0 Å². The Morgan fingerprint density at radius 1 is 1.26 bits per heavy atom. The minimum atomic E-state index is -0.476. The molecule has 1 atom stereocenters. The highest BCUT2D eigenvalue weighted by Crippen LogP contribution is 2.26. The minimum absolute atomic E-state index is 0.404. The van der Waals surface area contributed by atoms with Crippen molar-refractivity contribution in [2.24, 2.45) is 0 Å². The smallest absolute Gasteiger partial charge is 0.0653 e. The van der Waals surface area contributed by atoms with E-state index < -0.39 is 5.60 Å². The van der Waals surface area contributed by atoms with Crippen LogP contribution in [0.25, 0.3) is 0 Å². The van der Waals surface area contributed by atoms with Gasteiger partial charge in [0.05, 0.1) is 5.60 Å². The fourth-order valence-electron chi connectivity index (χ4n) is 2.64. The first-order valence-electron chi connectivity index (χ1n) is 7.32. The maximum Gasteiger partial charge on any atom is 0.0653 e. The predicted molar refractivity (Wildman–Crippen MR) is 80.6 cm³/mol. The lowest BCUT2D eigenvalue weighted by Gasteiger charge is -2.37. The van der Waals surface area contributed by atoms with Gasteiger partial charge in [-0.2, -0.15) is 0 Å². The lowest BCUT2D eigenvalue weighted by atomic mass is 9.93. The molecule has 1 aromatic carbocycles. The number of hydrogen-bond donors (Lipinski definition) is 2. The van der Waals surface area contributed by atoms with E-state index in [4.69, 9.17) is 0 Å². The quantitative estimate of drug-likeness (QED) is 0.876. The van der Waals surface area contributed by atoms with Crippen LogP contribution in [0.4, 0.5) is 5.69 Å². The Hall–Kier alpha value is -1.06. The number of benzene rings is 1. The SMILES string of the molecule is CCNC(C)c1ccc(N2CCC(C)(O)CC2)cc1. The third-order valence-corrected chi connectivity index (χ3v) is 4.11. The van der Waals surface area contributed by atoms with Gasteiger partial charge in [-0.25, -0.2) is 0 Å². The summed E-state index contributed by atoms with van der Waals surface area (Å²) in [6.45, 7) is 9.13. The number of aliphatic hydroxyl groups is 1. The Labute approximate surface area is 116 Å². The standard InChI is InChI=1S/C16H26N2O/c1-4-17-13(2)14-5-7-15(8-6-14)18-11-9-16(3,19)10-12-18/h5-8,13,17,19H,4,9-12H2,1-3H3. The number of piperidine rings is 1. The topological polar surface area (TPSA) is 35.5 Å². The molecule has 19 heavy (non-hydrogen) atoms. The van der Waals surface area contributed by atoms with Crippen LogP contribution in [-0.2, 0) is 0 Å². The van der Waals surface area contributed by atoms with Crippen molar-refractivity contribution in [3.05, 3.63) is 29.8 Å². The average molecular weight is 262 g/mol. The molecule has 0 aromatic heterocycles. The average Bonchev–Trinajstić information content (AvgIpc) is 2.39. The van der Waals surface area contributed by atoms with Gasteiger partial charge in [0.2, 0.25) is 0 Å². The van der Waals surface area contributed by atoms with E-state index in [9.17, 15) is 5.11 Å². The summed E-state index contributed by atoms with van der Waals surface area (Å²) in [5.74, 6) is 0. The second-order valence-electron chi connectivity index (χ2n) is 5.85. The first kappa shape index (κ1) is 14.4. The van der Waals surface area contributed by atoms with E-state index in [0.29, 0.717) is 6.04 Å². The molecule has 2 N–H and O–H groups in total. The van der Waals surface area contributed by atoms with E-state index in [2.05, 4.69) is 48.3 Å². The summed E-state index contributed by atoms with van der Waals surface area (Å²) < 4.78 is 0. The molecule has 0 amide bonds. The van der Waals surface area contributed by atoms with Crippen molar-refractivity contribution in [3.63, 3.8) is 0 Å². The van der Waals surface area contributed by atoms with E-state index >= 15 is 0 Å². The molecular weight excluding hydrogens is 236 g/mol. The molecule has 1 aliphatic heterocycles. The van der Waals surface area contributed by atoms with Gasteiger partial charge in [-0.15, -0.1) is 0 Å². The maximum absolute atomic E-state index is 9.98. The summed E-state index contributed by atoms with van der Waals surface area (Å²) in [5, 5.41) is 13.4. The fourth-order valence-corrected chi connectivity index (χ4v) is 2.64. The van der Waals surface area contributed by atoms with Crippen LogP contribution in [0.1, 0.15) is 45.2 Å². The molecule has 1 aliphatic rings. The highest BCUT2D eigenvalue weighted by molar-refractivity contribution is 5.48. The lowest BCUT2D eigenvalue weighted by molar-refractivity contribution is 0.0351. The molecule has 1 unspecified atom stereocenters. The van der Waals surface area contributed by atoms with Crippen LogP contribution in [0.5, 0.6) is 0 Å². The second-order valence-corrected chi connectivity index (χ2v) is 5.85. The summed E-state index contributed by atoms with van der Waals surface area (Å²) in [6.07, 6.45) is 1.70. The first-order chi connectivity index (χ1) is 9.02. The largest absolute Gasteiger partial charge is 0.390 e. The Balaban J connectivity index is 1.99. The van der Waals surface area contributed by atoms with Crippen molar-refractivity contribution in [1.82, 2.24) is 5.32 Å². The van der Waals surface area contributed by atoms with Gasteiger partial charge >= 0.3 is 0 Å². The highest BCUT2D eigenvalue weighted by Gasteiger charge is 2.27. The number of nitrogens with one attached hydrogen (secondary N) is 1. The Bertz CT molecular complexity index is 390. The van der Waals surface area contributed by atoms with Crippen molar-refractivity contribution in [3.8, 4) is 0 Å². The first-order valence-corrected chi connectivity index (χ1v) is 7.32. The summed E-state index contributed by atoms with van der Waals surface area (Å²) >= 11 is 0. The fraction of sp³-hybridized carbons (Fsp3) is 0.625. The Morgan fingerprint density at radius 2 is 1.84 bits per heavy atom. The van der Waals surface area contributed by atoms with E-state index in [-0.39, 0.29) is 0 Å². The molecule has 0 spiro atoms. The van der Waals surface area contributed by atoms with Crippen LogP contribution in [0, 0.1) is 0 Å². The molecule has 3 nitrogen and oxygen atoms in total. The van der Waals surface area contributed by atoms with Gasteiger partial charge in [0.15, 0.2) is 0 Å². The van der Waals surface area contributed by atoms with Crippen LogP contribution in [-0.4, -0.2) is 30.3 Å². The predicted octanol–water partition coefficient (Wildman–Crippen LogP) is 2.71. The van der Waals surface area contributed by atoms with Gasteiger partial charge in [-0.1, -0.05) is 19.1 Å². The van der Waals surface area contributed by atoms with Gasteiger partial charge in [0, 0.05) is 24.8 Å². The molecular formula is C16H26N2O. The number of hydrogen-bond acceptors (Lipinski definition) is 3. The second kappa shape index (κ2) is 5.93. The zero-order chi connectivity index (χ0) is 13.9. The normalized spacial score (nSPS) is 20.3. The third kappa shape index (κ3) is 3.71. The van der Waals surface area contributed by atoms with Crippen molar-refractivity contribution in [2.75, 3.05) is 24.5 Å². The minimum Gasteiger partial charge on any atom is -0.390 e. The summed E-state index contributed by atoms with van der Waals surface area (Å²) in [7, 11) is 0. The number of rotatable bonds is 4. The Kier molecular flexibility index (Phi) is 4.48. The molecule has 0 bridgehead atoms. The van der Waals surface area contributed by atoms with Crippen LogP contribution in [0.15, 0.2) is 24.3 Å². The van der Waals surface area contributed by atoms with Crippen LogP contribution >= 0.6 is 0 Å². The van der Waals surface area contributed by atoms with Gasteiger partial charge < -0.3 is 15.3 Å². The molecule has 0 aliphatic carbocycles. The van der Waals surface area contributed by atoms with E-state index in [0.717, 1.165) is 32.5 Å². The van der Waals surface area contributed by atoms with Crippen LogP contribution in [0.3, 0.4) is 0 Å². The van der Waals surface area contributed by atoms with Gasteiger partial charge in [-0.05, 0) is 50.9 Å². The van der Waals surface area contributed by atoms with Crippen molar-refractivity contribution in [2.45, 2.75) is 45.3 Å². The maximum atomic E-state index is 9.98. The Morgan fingerprint density at radius 3 is 2.37 bits per heavy atom. The molecule has 2 rings (SSSR count). The molecule has 1 saturated heterocycles. The molecule has 3 heteroatoms. The van der Waals surface area contributed by atoms with Gasteiger partial charge in [0.25, 0.3) is 0 Å². The summed E-state index contributed by atoms with van der Waals surface area (Å²) in [4.78, 5) is 2.36. The zero-order valence-corrected chi connectivity index (χ0v) is 12.3. The van der Waals surface area contributed by atoms with Crippen molar-refractivity contribution in [1.29, 1.82) is 0 Å². The summed E-state index contributed by atoms with van der Waals surface area (Å²) in [6, 6.07) is 9.21. The zero-order valence-electron chi connectivity index (χ0n) is 12.3. The van der Waals surface area contributed by atoms with Crippen molar-refractivity contribution < 1.29 is 5.11 Å². The molecule has 0 radical (unpaired) electrons. The van der Waals surface area contributed by atoms with Crippen LogP contribution in [0.2, 0.25) is 0 Å². The molecule has 0 saturated carbocycles. The lowest BCUT2D eigenvalue weighted by Crippen LogP contribution is -2.42. The van der Waals surface area contributed by atoms with Crippen molar-refractivity contribution >= 4 is 5.69 Å². The van der Waals surface area contributed by atoms with Gasteiger partial charge in [0.1, 0.15) is 0 Å². The molecule has 106 valence electrons. The van der Waals surface area contributed by atoms with Crippen LogP contribution < -0.4 is 10.2 Å². The van der Waals surface area contributed by atoms with E-state index in [1.54, 1.807) is 0 Å². The number of anilines is 1. The van der Waals surface area contributed by atoms with E-state index in [1.807, 2.05) is 6.92 Å². The number of nitrogens with zero attached hydrogens (tertiary/aromatic N) is 1. The third-order valence-electron chi connectivity index (χ3n) is 4.11.